The number of amides is 1. The fourth-order valence-electron chi connectivity index (χ4n) is 1.89. The van der Waals surface area contributed by atoms with Gasteiger partial charge in [-0.3, -0.25) is 14.2 Å². The molecule has 0 aliphatic heterocycles. The van der Waals surface area contributed by atoms with E-state index in [0.29, 0.717) is 17.4 Å². The van der Waals surface area contributed by atoms with Gasteiger partial charge in [0.05, 0.1) is 0 Å². The molecule has 0 aliphatic carbocycles. The summed E-state index contributed by atoms with van der Waals surface area (Å²) in [6.45, 7) is 2.19. The minimum atomic E-state index is -0.207. The fourth-order valence-corrected chi connectivity index (χ4v) is 2.50. The van der Waals surface area contributed by atoms with E-state index in [2.05, 4.69) is 10.3 Å². The van der Waals surface area contributed by atoms with Crippen molar-refractivity contribution in [2.45, 2.75) is 25.2 Å². The molecule has 0 radical (unpaired) electrons. The molecule has 0 atom stereocenters. The molecule has 6 heteroatoms. The van der Waals surface area contributed by atoms with E-state index in [1.54, 1.807) is 6.92 Å². The molecule has 0 saturated heterocycles. The summed E-state index contributed by atoms with van der Waals surface area (Å²) >= 11 is 1.35. The van der Waals surface area contributed by atoms with Crippen molar-refractivity contribution in [2.75, 3.05) is 6.26 Å². The molecule has 1 aromatic carbocycles. The van der Waals surface area contributed by atoms with Gasteiger partial charge in [0, 0.05) is 18.3 Å². The average Bonchev–Trinajstić information content (AvgIpc) is 2.48. The number of benzene rings is 1. The van der Waals surface area contributed by atoms with E-state index in [0.717, 1.165) is 5.56 Å². The van der Waals surface area contributed by atoms with Crippen LogP contribution in [0.25, 0.3) is 0 Å². The number of nitrogens with one attached hydrogen (secondary N) is 1. The van der Waals surface area contributed by atoms with Crippen LogP contribution in [0.15, 0.2) is 46.3 Å². The van der Waals surface area contributed by atoms with Gasteiger partial charge in [0.15, 0.2) is 5.16 Å². The molecule has 0 spiro atoms. The van der Waals surface area contributed by atoms with Gasteiger partial charge < -0.3 is 5.32 Å². The Morgan fingerprint density at radius 2 is 2.05 bits per heavy atom. The summed E-state index contributed by atoms with van der Waals surface area (Å²) in [5.41, 5.74) is 1.47. The van der Waals surface area contributed by atoms with E-state index in [9.17, 15) is 9.59 Å². The van der Waals surface area contributed by atoms with Crippen molar-refractivity contribution in [3.05, 3.63) is 58.0 Å². The fraction of sp³-hybridized carbons (Fsp3) is 0.267. The Morgan fingerprint density at radius 1 is 1.33 bits per heavy atom. The first-order valence-corrected chi connectivity index (χ1v) is 7.75. The van der Waals surface area contributed by atoms with Gasteiger partial charge in [-0.25, -0.2) is 4.98 Å². The Balaban J connectivity index is 2.05. The van der Waals surface area contributed by atoms with Crippen LogP contribution in [-0.4, -0.2) is 21.7 Å². The third-order valence-corrected chi connectivity index (χ3v) is 3.59. The molecule has 2 aromatic rings. The predicted molar refractivity (Wildman–Crippen MR) is 83.3 cm³/mol. The van der Waals surface area contributed by atoms with Crippen LogP contribution in [-0.2, 0) is 17.9 Å². The average molecular weight is 303 g/mol. The highest BCUT2D eigenvalue weighted by Gasteiger charge is 2.10. The highest BCUT2D eigenvalue weighted by atomic mass is 32.2. The van der Waals surface area contributed by atoms with Gasteiger partial charge in [-0.05, 0) is 18.7 Å². The van der Waals surface area contributed by atoms with Gasteiger partial charge in [0.2, 0.25) is 5.91 Å². The number of nitrogens with zero attached hydrogens (tertiary/aromatic N) is 2. The lowest BCUT2D eigenvalue weighted by atomic mass is 10.2. The molecular formula is C15H17N3O2S. The first-order chi connectivity index (χ1) is 10.1. The normalized spacial score (nSPS) is 10.4. The molecular weight excluding hydrogens is 286 g/mol. The molecule has 0 unspecified atom stereocenters. The molecule has 1 heterocycles. The summed E-state index contributed by atoms with van der Waals surface area (Å²) in [6, 6.07) is 11.1. The largest absolute Gasteiger partial charge is 0.350 e. The molecule has 1 amide bonds. The van der Waals surface area contributed by atoms with Crippen molar-refractivity contribution in [3.63, 3.8) is 0 Å². The van der Waals surface area contributed by atoms with Gasteiger partial charge >= 0.3 is 0 Å². The van der Waals surface area contributed by atoms with Crippen LogP contribution in [0, 0.1) is 6.92 Å². The predicted octanol–water partition coefficient (Wildman–Crippen LogP) is 1.59. The molecule has 5 nitrogen and oxygen atoms in total. The maximum Gasteiger partial charge on any atom is 0.254 e. The molecule has 0 aliphatic rings. The quantitative estimate of drug-likeness (QED) is 0.673. The summed E-state index contributed by atoms with van der Waals surface area (Å²) in [4.78, 5) is 28.2. The van der Waals surface area contributed by atoms with Crippen molar-refractivity contribution < 1.29 is 4.79 Å². The zero-order valence-corrected chi connectivity index (χ0v) is 12.8. The van der Waals surface area contributed by atoms with Crippen LogP contribution in [0.2, 0.25) is 0 Å². The highest BCUT2D eigenvalue weighted by Crippen LogP contribution is 2.09. The van der Waals surface area contributed by atoms with Crippen LogP contribution >= 0.6 is 11.8 Å². The van der Waals surface area contributed by atoms with Crippen LogP contribution in [0.3, 0.4) is 0 Å². The van der Waals surface area contributed by atoms with Gasteiger partial charge in [0.1, 0.15) is 6.54 Å². The molecule has 2 rings (SSSR count). The summed E-state index contributed by atoms with van der Waals surface area (Å²) in [6.07, 6.45) is 1.83. The maximum atomic E-state index is 12.0. The number of rotatable bonds is 5. The number of thioether (sulfide) groups is 1. The Bertz CT molecular complexity index is 683. The SMILES string of the molecule is CSc1nc(C)cc(=O)n1CC(=O)NCc1ccccc1. The number of carbonyl (C=O) groups excluding carboxylic acids is 1. The van der Waals surface area contributed by atoms with E-state index in [-0.39, 0.29) is 18.0 Å². The molecule has 0 bridgehead atoms. The van der Waals surface area contributed by atoms with E-state index in [4.69, 9.17) is 0 Å². The van der Waals surface area contributed by atoms with E-state index >= 15 is 0 Å². The molecule has 1 aromatic heterocycles. The second kappa shape index (κ2) is 7.08. The first-order valence-electron chi connectivity index (χ1n) is 6.53. The highest BCUT2D eigenvalue weighted by molar-refractivity contribution is 7.98. The number of hydrogen-bond donors (Lipinski definition) is 1. The maximum absolute atomic E-state index is 12.0. The standard InChI is InChI=1S/C15H17N3O2S/c1-11-8-14(20)18(15(17-11)21-2)10-13(19)16-9-12-6-4-3-5-7-12/h3-8H,9-10H2,1-2H3,(H,16,19). The van der Waals surface area contributed by atoms with Crippen molar-refractivity contribution >= 4 is 17.7 Å². The van der Waals surface area contributed by atoms with Crippen LogP contribution in [0.1, 0.15) is 11.3 Å². The van der Waals surface area contributed by atoms with Gasteiger partial charge in [0.25, 0.3) is 5.56 Å². The van der Waals surface area contributed by atoms with Crippen LogP contribution < -0.4 is 10.9 Å². The summed E-state index contributed by atoms with van der Waals surface area (Å²) in [7, 11) is 0. The van der Waals surface area contributed by atoms with E-state index in [1.807, 2.05) is 36.6 Å². The Labute approximate surface area is 127 Å². The smallest absolute Gasteiger partial charge is 0.254 e. The lowest BCUT2D eigenvalue weighted by Crippen LogP contribution is -2.33. The third kappa shape index (κ3) is 4.19. The second-order valence-corrected chi connectivity index (χ2v) is 5.34. The third-order valence-electron chi connectivity index (χ3n) is 2.92. The van der Waals surface area contributed by atoms with E-state index in [1.165, 1.54) is 22.4 Å². The number of aryl methyl sites for hydroxylation is 1. The minimum absolute atomic E-state index is 0.0187. The summed E-state index contributed by atoms with van der Waals surface area (Å²) in [5.74, 6) is -0.207. The van der Waals surface area contributed by atoms with Crippen LogP contribution in [0.4, 0.5) is 0 Å². The van der Waals surface area contributed by atoms with E-state index < -0.39 is 0 Å². The minimum Gasteiger partial charge on any atom is -0.350 e. The molecule has 110 valence electrons. The van der Waals surface area contributed by atoms with Crippen molar-refractivity contribution in [1.29, 1.82) is 0 Å². The van der Waals surface area contributed by atoms with Crippen molar-refractivity contribution in [3.8, 4) is 0 Å². The van der Waals surface area contributed by atoms with Crippen molar-refractivity contribution in [2.24, 2.45) is 0 Å². The lowest BCUT2D eigenvalue weighted by molar-refractivity contribution is -0.122. The monoisotopic (exact) mass is 303 g/mol. The van der Waals surface area contributed by atoms with Gasteiger partial charge in [-0.1, -0.05) is 42.1 Å². The van der Waals surface area contributed by atoms with Crippen molar-refractivity contribution in [1.82, 2.24) is 14.9 Å². The summed E-state index contributed by atoms with van der Waals surface area (Å²) in [5, 5.41) is 3.36. The first kappa shape index (κ1) is 15.3. The molecule has 21 heavy (non-hydrogen) atoms. The zero-order chi connectivity index (χ0) is 15.2. The van der Waals surface area contributed by atoms with Crippen LogP contribution in [0.5, 0.6) is 0 Å². The number of aromatic nitrogens is 2. The van der Waals surface area contributed by atoms with Gasteiger partial charge in [-0.2, -0.15) is 0 Å². The molecule has 0 fully saturated rings. The topological polar surface area (TPSA) is 64.0 Å². The number of hydrogen-bond acceptors (Lipinski definition) is 4. The Morgan fingerprint density at radius 3 is 2.71 bits per heavy atom. The van der Waals surface area contributed by atoms with Gasteiger partial charge in [-0.15, -0.1) is 0 Å². The summed E-state index contributed by atoms with van der Waals surface area (Å²) < 4.78 is 1.39. The zero-order valence-electron chi connectivity index (χ0n) is 12.0. The molecule has 1 N–H and O–H groups in total. The Hall–Kier alpha value is -2.08. The molecule has 0 saturated carbocycles. The second-order valence-electron chi connectivity index (χ2n) is 4.57. The lowest BCUT2D eigenvalue weighted by Gasteiger charge is -2.11. The Kier molecular flexibility index (Phi) is 5.16. The number of carbonyl (C=O) groups is 1.